The number of halogens is 3. The number of hydrogen-bond acceptors (Lipinski definition) is 2. The monoisotopic (exact) mass is 426 g/mol. The summed E-state index contributed by atoms with van der Waals surface area (Å²) in [6.07, 6.45) is 0.495. The van der Waals surface area contributed by atoms with Crippen LogP contribution in [-0.2, 0) is 22.6 Å². The number of nitrogens with one attached hydrogen (secondary N) is 1. The highest BCUT2D eigenvalue weighted by molar-refractivity contribution is 6.36. The summed E-state index contributed by atoms with van der Waals surface area (Å²) < 4.78 is 0. The van der Waals surface area contributed by atoms with Crippen molar-refractivity contribution in [3.63, 3.8) is 0 Å². The molecule has 0 radical (unpaired) electrons. The van der Waals surface area contributed by atoms with E-state index in [4.69, 9.17) is 34.8 Å². The van der Waals surface area contributed by atoms with Gasteiger partial charge >= 0.3 is 0 Å². The smallest absolute Gasteiger partial charge is 0.242 e. The largest absolute Gasteiger partial charge is 0.357 e. The number of likely N-dealkylation sites (N-methyl/N-ethyl adjacent to an activating group) is 1. The first-order valence-corrected chi connectivity index (χ1v) is 9.69. The van der Waals surface area contributed by atoms with Crippen molar-refractivity contribution in [1.29, 1.82) is 0 Å². The van der Waals surface area contributed by atoms with Gasteiger partial charge in [0.1, 0.15) is 6.04 Å². The number of benzene rings is 2. The summed E-state index contributed by atoms with van der Waals surface area (Å²) in [5.74, 6) is -0.444. The van der Waals surface area contributed by atoms with E-state index in [1.807, 2.05) is 19.1 Å². The molecule has 4 nitrogen and oxygen atoms in total. The summed E-state index contributed by atoms with van der Waals surface area (Å²) in [4.78, 5) is 27.0. The second-order valence-electron chi connectivity index (χ2n) is 6.06. The highest BCUT2D eigenvalue weighted by Crippen LogP contribution is 2.26. The van der Waals surface area contributed by atoms with Gasteiger partial charge in [0.15, 0.2) is 0 Å². The molecule has 2 aromatic carbocycles. The highest BCUT2D eigenvalue weighted by Gasteiger charge is 2.28. The third-order valence-corrected chi connectivity index (χ3v) is 5.25. The molecule has 2 amide bonds. The van der Waals surface area contributed by atoms with Gasteiger partial charge in [-0.1, -0.05) is 59.9 Å². The zero-order chi connectivity index (χ0) is 20.0. The minimum Gasteiger partial charge on any atom is -0.357 e. The van der Waals surface area contributed by atoms with Crippen LogP contribution < -0.4 is 5.32 Å². The molecule has 1 N–H and O–H groups in total. The van der Waals surface area contributed by atoms with Crippen molar-refractivity contribution in [3.05, 3.63) is 68.7 Å². The molecule has 2 aromatic rings. The summed E-state index contributed by atoms with van der Waals surface area (Å²) in [5, 5.41) is 4.09. The Morgan fingerprint density at radius 2 is 1.63 bits per heavy atom. The number of hydrogen-bond donors (Lipinski definition) is 1. The molecule has 0 saturated heterocycles. The van der Waals surface area contributed by atoms with E-state index in [2.05, 4.69) is 5.32 Å². The molecule has 0 bridgehead atoms. The molecule has 7 heteroatoms. The van der Waals surface area contributed by atoms with Crippen LogP contribution in [0.1, 0.15) is 24.5 Å². The predicted octanol–water partition coefficient (Wildman–Crippen LogP) is 4.74. The summed E-state index contributed by atoms with van der Waals surface area (Å²) in [6, 6.07) is 11.7. The average molecular weight is 428 g/mol. The Labute approximate surface area is 174 Å². The van der Waals surface area contributed by atoms with E-state index in [0.717, 1.165) is 5.56 Å². The van der Waals surface area contributed by atoms with E-state index in [1.165, 1.54) is 0 Å². The van der Waals surface area contributed by atoms with Crippen molar-refractivity contribution in [2.24, 2.45) is 0 Å². The standard InChI is InChI=1S/C20H21Cl3N2O2/c1-3-18(20(27)24-2)25(12-13-7-9-14(21)10-8-13)19(26)11-15-16(22)5-4-6-17(15)23/h4-10,18H,3,11-12H2,1-2H3,(H,24,27). The second-order valence-corrected chi connectivity index (χ2v) is 7.31. The van der Waals surface area contributed by atoms with Crippen LogP contribution in [0, 0.1) is 0 Å². The molecule has 27 heavy (non-hydrogen) atoms. The van der Waals surface area contributed by atoms with Gasteiger partial charge in [-0.2, -0.15) is 0 Å². The Morgan fingerprint density at radius 1 is 1.04 bits per heavy atom. The number of carbonyl (C=O) groups excluding carboxylic acids is 2. The fraction of sp³-hybridized carbons (Fsp3) is 0.300. The molecule has 1 atom stereocenters. The predicted molar refractivity (Wildman–Crippen MR) is 110 cm³/mol. The number of amides is 2. The van der Waals surface area contributed by atoms with Gasteiger partial charge < -0.3 is 10.2 Å². The number of nitrogens with zero attached hydrogens (tertiary/aromatic N) is 1. The van der Waals surface area contributed by atoms with Crippen LogP contribution in [0.15, 0.2) is 42.5 Å². The fourth-order valence-electron chi connectivity index (χ4n) is 2.83. The molecule has 0 saturated carbocycles. The molecule has 2 rings (SSSR count). The first-order chi connectivity index (χ1) is 12.9. The van der Waals surface area contributed by atoms with Crippen LogP contribution in [0.4, 0.5) is 0 Å². The van der Waals surface area contributed by atoms with E-state index in [0.29, 0.717) is 27.1 Å². The number of carbonyl (C=O) groups is 2. The van der Waals surface area contributed by atoms with Crippen LogP contribution in [-0.4, -0.2) is 29.8 Å². The second kappa shape index (κ2) is 9.98. The van der Waals surface area contributed by atoms with E-state index in [-0.39, 0.29) is 24.8 Å². The molecular formula is C20H21Cl3N2O2. The molecule has 0 spiro atoms. The third kappa shape index (κ3) is 5.61. The zero-order valence-electron chi connectivity index (χ0n) is 15.1. The lowest BCUT2D eigenvalue weighted by molar-refractivity contribution is -0.140. The van der Waals surface area contributed by atoms with Gasteiger partial charge in [-0.15, -0.1) is 0 Å². The third-order valence-electron chi connectivity index (χ3n) is 4.29. The van der Waals surface area contributed by atoms with Crippen LogP contribution in [0.2, 0.25) is 15.1 Å². The zero-order valence-corrected chi connectivity index (χ0v) is 17.4. The van der Waals surface area contributed by atoms with Gasteiger partial charge in [-0.05, 0) is 41.8 Å². The summed E-state index contributed by atoms with van der Waals surface area (Å²) in [6.45, 7) is 2.15. The molecule has 0 aromatic heterocycles. The minimum atomic E-state index is -0.598. The van der Waals surface area contributed by atoms with Gasteiger partial charge in [0.05, 0.1) is 6.42 Å². The molecule has 0 aliphatic carbocycles. The normalized spacial score (nSPS) is 11.7. The van der Waals surface area contributed by atoms with Crippen molar-refractivity contribution >= 4 is 46.6 Å². The molecule has 144 valence electrons. The average Bonchev–Trinajstić information content (AvgIpc) is 2.65. The van der Waals surface area contributed by atoms with E-state index < -0.39 is 6.04 Å². The summed E-state index contributed by atoms with van der Waals surface area (Å²) in [5.41, 5.74) is 1.43. The Bertz CT molecular complexity index is 789. The van der Waals surface area contributed by atoms with E-state index in [9.17, 15) is 9.59 Å². The van der Waals surface area contributed by atoms with Crippen LogP contribution >= 0.6 is 34.8 Å². The maximum atomic E-state index is 13.1. The fourth-order valence-corrected chi connectivity index (χ4v) is 3.48. The minimum absolute atomic E-state index is 0.0135. The van der Waals surface area contributed by atoms with Crippen molar-refractivity contribution < 1.29 is 9.59 Å². The maximum Gasteiger partial charge on any atom is 0.242 e. The van der Waals surface area contributed by atoms with Crippen LogP contribution in [0.5, 0.6) is 0 Å². The first kappa shape index (κ1) is 21.5. The lowest BCUT2D eigenvalue weighted by atomic mass is 10.1. The topological polar surface area (TPSA) is 49.4 Å². The Morgan fingerprint density at radius 3 is 2.15 bits per heavy atom. The lowest BCUT2D eigenvalue weighted by Crippen LogP contribution is -2.48. The van der Waals surface area contributed by atoms with Crippen molar-refractivity contribution in [2.75, 3.05) is 7.05 Å². The molecule has 1 unspecified atom stereocenters. The quantitative estimate of drug-likeness (QED) is 0.693. The van der Waals surface area contributed by atoms with Crippen molar-refractivity contribution in [1.82, 2.24) is 10.2 Å². The number of rotatable bonds is 7. The Hall–Kier alpha value is -1.75. The molecule has 0 aliphatic heterocycles. The Balaban J connectivity index is 2.33. The van der Waals surface area contributed by atoms with Crippen LogP contribution in [0.25, 0.3) is 0 Å². The highest BCUT2D eigenvalue weighted by atomic mass is 35.5. The molecule has 0 fully saturated rings. The maximum absolute atomic E-state index is 13.1. The molecule has 0 aliphatic rings. The molecule has 0 heterocycles. The van der Waals surface area contributed by atoms with Crippen molar-refractivity contribution in [3.8, 4) is 0 Å². The van der Waals surface area contributed by atoms with Gasteiger partial charge in [-0.3, -0.25) is 9.59 Å². The first-order valence-electron chi connectivity index (χ1n) is 8.55. The van der Waals surface area contributed by atoms with Gasteiger partial charge in [0.25, 0.3) is 0 Å². The van der Waals surface area contributed by atoms with Gasteiger partial charge in [0, 0.05) is 28.7 Å². The molecular weight excluding hydrogens is 407 g/mol. The summed E-state index contributed by atoms with van der Waals surface area (Å²) >= 11 is 18.4. The van der Waals surface area contributed by atoms with E-state index in [1.54, 1.807) is 42.3 Å². The SMILES string of the molecule is CCC(C(=O)NC)N(Cc1ccc(Cl)cc1)C(=O)Cc1c(Cl)cccc1Cl. The van der Waals surface area contributed by atoms with Crippen LogP contribution in [0.3, 0.4) is 0 Å². The summed E-state index contributed by atoms with van der Waals surface area (Å²) in [7, 11) is 1.56. The van der Waals surface area contributed by atoms with Gasteiger partial charge in [-0.25, -0.2) is 0 Å². The lowest BCUT2D eigenvalue weighted by Gasteiger charge is -2.30. The van der Waals surface area contributed by atoms with Crippen molar-refractivity contribution in [2.45, 2.75) is 32.4 Å². The van der Waals surface area contributed by atoms with Gasteiger partial charge in [0.2, 0.25) is 11.8 Å². The van der Waals surface area contributed by atoms with E-state index >= 15 is 0 Å². The Kier molecular flexibility index (Phi) is 7.96.